The summed E-state index contributed by atoms with van der Waals surface area (Å²) in [5.74, 6) is 1.96. The van der Waals surface area contributed by atoms with Crippen molar-refractivity contribution in [1.82, 2.24) is 15.0 Å². The van der Waals surface area contributed by atoms with Crippen molar-refractivity contribution in [1.29, 1.82) is 0 Å². The lowest BCUT2D eigenvalue weighted by Crippen LogP contribution is -2.40. The van der Waals surface area contributed by atoms with Gasteiger partial charge >= 0.3 is 0 Å². The van der Waals surface area contributed by atoms with Gasteiger partial charge in [0.2, 0.25) is 5.82 Å². The molecule has 3 aromatic rings. The van der Waals surface area contributed by atoms with E-state index in [1.165, 1.54) is 0 Å². The third-order valence-electron chi connectivity index (χ3n) is 7.64. The average molecular weight is 442 g/mol. The molecule has 1 saturated carbocycles. The molecule has 7 nitrogen and oxygen atoms in total. The molecule has 2 aliphatic heterocycles. The number of nitrogens with zero attached hydrogens (tertiary/aromatic N) is 5. The van der Waals surface area contributed by atoms with Gasteiger partial charge in [-0.2, -0.15) is 0 Å². The summed E-state index contributed by atoms with van der Waals surface area (Å²) < 4.78 is 14.7. The number of aromatic nitrogens is 3. The number of piperidine rings is 1. The molecule has 4 heterocycles. The summed E-state index contributed by atoms with van der Waals surface area (Å²) in [6.45, 7) is 7.66. The fourth-order valence-electron chi connectivity index (χ4n) is 5.96. The summed E-state index contributed by atoms with van der Waals surface area (Å²) in [5.41, 5.74) is 1.53. The maximum Gasteiger partial charge on any atom is 0.255 e. The SMILES string of the molecule is C=c1c(=O)[nH]cc/c1=C1/N=Nc2nc(N3CC[C@@H]4[C@H](C3)[C@@]4(CC)c3ccccc3F)cnc21. The minimum Gasteiger partial charge on any atom is -0.355 e. The molecule has 0 bridgehead atoms. The van der Waals surface area contributed by atoms with Crippen molar-refractivity contribution < 1.29 is 4.39 Å². The molecule has 1 N–H and O–H groups in total. The zero-order chi connectivity index (χ0) is 22.7. The Labute approximate surface area is 189 Å². The summed E-state index contributed by atoms with van der Waals surface area (Å²) in [7, 11) is 0. The maximum atomic E-state index is 14.7. The van der Waals surface area contributed by atoms with Crippen LogP contribution in [0.25, 0.3) is 12.3 Å². The molecule has 1 saturated heterocycles. The van der Waals surface area contributed by atoms with E-state index in [-0.39, 0.29) is 16.8 Å². The smallest absolute Gasteiger partial charge is 0.255 e. The Kier molecular flexibility index (Phi) is 4.33. The molecule has 6 rings (SSSR count). The number of azo groups is 1. The quantitative estimate of drug-likeness (QED) is 0.676. The maximum absolute atomic E-state index is 14.7. The van der Waals surface area contributed by atoms with Crippen LogP contribution in [0.5, 0.6) is 0 Å². The number of anilines is 1. The van der Waals surface area contributed by atoms with E-state index in [1.807, 2.05) is 12.1 Å². The van der Waals surface area contributed by atoms with Crippen molar-refractivity contribution in [2.45, 2.75) is 25.2 Å². The number of hydrogen-bond acceptors (Lipinski definition) is 6. The summed E-state index contributed by atoms with van der Waals surface area (Å²) in [6.07, 6.45) is 5.21. The number of halogens is 1. The molecule has 0 unspecified atom stereocenters. The molecule has 3 atom stereocenters. The van der Waals surface area contributed by atoms with E-state index in [1.54, 1.807) is 30.6 Å². The first-order valence-electron chi connectivity index (χ1n) is 11.2. The fourth-order valence-corrected chi connectivity index (χ4v) is 5.96. The Morgan fingerprint density at radius 3 is 2.91 bits per heavy atom. The zero-order valence-electron chi connectivity index (χ0n) is 18.3. The van der Waals surface area contributed by atoms with Crippen molar-refractivity contribution >= 4 is 23.9 Å². The lowest BCUT2D eigenvalue weighted by molar-refractivity contribution is 0.516. The lowest BCUT2D eigenvalue weighted by atomic mass is 9.88. The highest BCUT2D eigenvalue weighted by molar-refractivity contribution is 5.72. The lowest BCUT2D eigenvalue weighted by Gasteiger charge is -2.27. The Bertz CT molecular complexity index is 1480. The number of nitrogens with one attached hydrogen (secondary N) is 1. The second kappa shape index (κ2) is 7.16. The number of rotatable bonds is 3. The first-order chi connectivity index (χ1) is 16.0. The molecule has 1 aliphatic carbocycles. The number of fused-ring (bicyclic) bond motifs is 2. The van der Waals surface area contributed by atoms with Gasteiger partial charge in [-0.1, -0.05) is 31.7 Å². The van der Waals surface area contributed by atoms with E-state index in [0.717, 1.165) is 37.3 Å². The van der Waals surface area contributed by atoms with Crippen LogP contribution in [0.15, 0.2) is 57.7 Å². The summed E-state index contributed by atoms with van der Waals surface area (Å²) in [6, 6.07) is 8.94. The van der Waals surface area contributed by atoms with Crippen LogP contribution in [-0.4, -0.2) is 28.0 Å². The molecule has 0 radical (unpaired) electrons. The van der Waals surface area contributed by atoms with Gasteiger partial charge in [-0.15, -0.1) is 10.2 Å². The van der Waals surface area contributed by atoms with Crippen molar-refractivity contribution in [3.63, 3.8) is 0 Å². The van der Waals surface area contributed by atoms with Crippen LogP contribution in [0.1, 0.15) is 31.0 Å². The van der Waals surface area contributed by atoms with Crippen LogP contribution in [0, 0.1) is 17.7 Å². The van der Waals surface area contributed by atoms with E-state index < -0.39 is 0 Å². The Balaban J connectivity index is 1.32. The van der Waals surface area contributed by atoms with E-state index >= 15 is 0 Å². The summed E-state index contributed by atoms with van der Waals surface area (Å²) in [5, 5.41) is 9.37. The predicted octanol–water partition coefficient (Wildman–Crippen LogP) is 2.77. The standard InChI is InChI=1S/C25H23FN6O/c1-3-25(17-6-4-5-7-19(17)26)16-9-11-32(13-18(16)25)20-12-28-22-21(30-31-23(22)29-20)15-8-10-27-24(33)14(15)2/h4-8,10,12,16,18H,2-3,9,11,13H2,1H3,(H,27,33)/b21-15-/t16-,18+,25-/m1/s1. The Morgan fingerprint density at radius 2 is 2.09 bits per heavy atom. The molecule has 2 fully saturated rings. The van der Waals surface area contributed by atoms with E-state index in [4.69, 9.17) is 4.98 Å². The van der Waals surface area contributed by atoms with Crippen molar-refractivity contribution in [3.8, 4) is 0 Å². The molecule has 2 aromatic heterocycles. The van der Waals surface area contributed by atoms with E-state index in [0.29, 0.717) is 39.5 Å². The van der Waals surface area contributed by atoms with Gasteiger partial charge in [0.25, 0.3) is 5.56 Å². The van der Waals surface area contributed by atoms with Crippen LogP contribution in [0.3, 0.4) is 0 Å². The first kappa shape index (κ1) is 20.0. The molecule has 0 amide bonds. The van der Waals surface area contributed by atoms with Gasteiger partial charge in [-0.05, 0) is 42.4 Å². The molecule has 3 aliphatic rings. The number of H-pyrrole nitrogens is 1. The summed E-state index contributed by atoms with van der Waals surface area (Å²) in [4.78, 5) is 26.1. The predicted molar refractivity (Wildman–Crippen MR) is 123 cm³/mol. The molecule has 33 heavy (non-hydrogen) atoms. The number of pyridine rings is 1. The van der Waals surface area contributed by atoms with Gasteiger partial charge < -0.3 is 9.88 Å². The van der Waals surface area contributed by atoms with Gasteiger partial charge in [0, 0.05) is 35.1 Å². The zero-order valence-corrected chi connectivity index (χ0v) is 18.3. The van der Waals surface area contributed by atoms with Crippen molar-refractivity contribution in [2.24, 2.45) is 22.1 Å². The first-order valence-corrected chi connectivity index (χ1v) is 11.2. The van der Waals surface area contributed by atoms with Crippen molar-refractivity contribution in [3.05, 3.63) is 80.6 Å². The number of hydrogen-bond donors (Lipinski definition) is 1. The highest BCUT2D eigenvalue weighted by Gasteiger charge is 2.65. The molecule has 8 heteroatoms. The monoisotopic (exact) mass is 442 g/mol. The van der Waals surface area contributed by atoms with Crippen LogP contribution in [0.2, 0.25) is 0 Å². The molecule has 166 valence electrons. The van der Waals surface area contributed by atoms with Gasteiger partial charge in [0.1, 0.15) is 23.0 Å². The van der Waals surface area contributed by atoms with Gasteiger partial charge in [0.05, 0.1) is 6.20 Å². The second-order valence-electron chi connectivity index (χ2n) is 8.97. The molecule has 0 spiro atoms. The van der Waals surface area contributed by atoms with Crippen LogP contribution < -0.4 is 20.9 Å². The summed E-state index contributed by atoms with van der Waals surface area (Å²) >= 11 is 0. The van der Waals surface area contributed by atoms with Crippen LogP contribution >= 0.6 is 0 Å². The molecule has 1 aromatic carbocycles. The van der Waals surface area contributed by atoms with Gasteiger partial charge in [0.15, 0.2) is 0 Å². The third-order valence-corrected chi connectivity index (χ3v) is 7.64. The van der Waals surface area contributed by atoms with Crippen molar-refractivity contribution in [2.75, 3.05) is 18.0 Å². The largest absolute Gasteiger partial charge is 0.355 e. The Morgan fingerprint density at radius 1 is 1.24 bits per heavy atom. The average Bonchev–Trinajstić information content (AvgIpc) is 3.30. The number of benzene rings is 1. The minimum absolute atomic E-state index is 0.101. The van der Waals surface area contributed by atoms with Crippen LogP contribution in [0.4, 0.5) is 16.0 Å². The minimum atomic E-state index is -0.269. The normalized spacial score (nSPS) is 26.8. The number of aromatic amines is 1. The van der Waals surface area contributed by atoms with Crippen LogP contribution in [-0.2, 0) is 5.41 Å². The Hall–Kier alpha value is -3.68. The topological polar surface area (TPSA) is 86.6 Å². The second-order valence-corrected chi connectivity index (χ2v) is 8.97. The van der Waals surface area contributed by atoms with E-state index in [2.05, 4.69) is 38.6 Å². The molecular formula is C25H23FN6O. The fraction of sp³-hybridized carbons (Fsp3) is 0.320. The van der Waals surface area contributed by atoms with E-state index in [9.17, 15) is 9.18 Å². The highest BCUT2D eigenvalue weighted by Crippen LogP contribution is 2.65. The molecular weight excluding hydrogens is 419 g/mol. The van der Waals surface area contributed by atoms with Gasteiger partial charge in [-0.3, -0.25) is 4.79 Å². The third kappa shape index (κ3) is 2.83. The van der Waals surface area contributed by atoms with Gasteiger partial charge in [-0.25, -0.2) is 14.4 Å². The highest BCUT2D eigenvalue weighted by atomic mass is 19.1.